The van der Waals surface area contributed by atoms with Crippen LogP contribution in [0.2, 0.25) is 0 Å². The van der Waals surface area contributed by atoms with E-state index in [1.807, 2.05) is 0 Å². The van der Waals surface area contributed by atoms with Crippen LogP contribution in [0.1, 0.15) is 29.0 Å². The fourth-order valence-corrected chi connectivity index (χ4v) is 2.05. The summed E-state index contributed by atoms with van der Waals surface area (Å²) in [6, 6.07) is 3.80. The summed E-state index contributed by atoms with van der Waals surface area (Å²) >= 11 is 0. The third-order valence-corrected chi connectivity index (χ3v) is 2.90. The van der Waals surface area contributed by atoms with Crippen LogP contribution in [0.5, 0.6) is 0 Å². The molecule has 4 heteroatoms. The molecule has 1 N–H and O–H groups in total. The molecule has 1 unspecified atom stereocenters. The Kier molecular flexibility index (Phi) is 2.46. The highest BCUT2D eigenvalue weighted by Gasteiger charge is 2.32. The molecule has 1 aliphatic rings. The summed E-state index contributed by atoms with van der Waals surface area (Å²) in [5, 5.41) is 9.03. The Hall–Kier alpha value is -1.03. The average molecular weight is 216 g/mol. The minimum Gasteiger partial charge on any atom is -0.396 e. The third kappa shape index (κ3) is 1.86. The van der Waals surface area contributed by atoms with Gasteiger partial charge in [0.05, 0.1) is 5.56 Å². The van der Waals surface area contributed by atoms with Gasteiger partial charge in [-0.25, -0.2) is 0 Å². The Morgan fingerprint density at radius 2 is 2.07 bits per heavy atom. The van der Waals surface area contributed by atoms with Crippen molar-refractivity contribution in [1.29, 1.82) is 0 Å². The molecule has 0 aliphatic heterocycles. The van der Waals surface area contributed by atoms with Gasteiger partial charge in [0.2, 0.25) is 0 Å². The van der Waals surface area contributed by atoms with E-state index in [9.17, 15) is 13.2 Å². The number of hydrogen-bond acceptors (Lipinski definition) is 1. The van der Waals surface area contributed by atoms with Crippen molar-refractivity contribution in [1.82, 2.24) is 0 Å². The maximum atomic E-state index is 12.4. The maximum absolute atomic E-state index is 12.4. The van der Waals surface area contributed by atoms with Crippen molar-refractivity contribution in [2.45, 2.75) is 24.9 Å². The molecule has 82 valence electrons. The van der Waals surface area contributed by atoms with Gasteiger partial charge in [0, 0.05) is 12.5 Å². The number of aliphatic hydroxyl groups is 1. The number of aliphatic hydroxyl groups excluding tert-OH is 1. The summed E-state index contributed by atoms with van der Waals surface area (Å²) in [6.45, 7) is -0.0751. The van der Waals surface area contributed by atoms with E-state index in [1.165, 1.54) is 12.1 Å². The van der Waals surface area contributed by atoms with Crippen molar-refractivity contribution in [3.63, 3.8) is 0 Å². The molecule has 0 fully saturated rings. The molecule has 1 nitrogen and oxygen atoms in total. The number of fused-ring (bicyclic) bond motifs is 1. The molecule has 0 radical (unpaired) electrons. The second-order valence-electron chi connectivity index (χ2n) is 3.83. The molecule has 0 bridgehead atoms. The predicted molar refractivity (Wildman–Crippen MR) is 49.6 cm³/mol. The van der Waals surface area contributed by atoms with Crippen LogP contribution in [0.3, 0.4) is 0 Å². The van der Waals surface area contributed by atoms with E-state index < -0.39 is 11.7 Å². The van der Waals surface area contributed by atoms with E-state index in [-0.39, 0.29) is 12.5 Å². The first-order chi connectivity index (χ1) is 7.02. The number of rotatable bonds is 1. The average Bonchev–Trinajstić information content (AvgIpc) is 2.57. The van der Waals surface area contributed by atoms with E-state index in [1.54, 1.807) is 0 Å². The van der Waals surface area contributed by atoms with Gasteiger partial charge in [-0.1, -0.05) is 6.07 Å². The molecule has 15 heavy (non-hydrogen) atoms. The smallest absolute Gasteiger partial charge is 0.396 e. The Labute approximate surface area is 85.5 Å². The van der Waals surface area contributed by atoms with Gasteiger partial charge in [0.1, 0.15) is 0 Å². The van der Waals surface area contributed by atoms with E-state index in [4.69, 9.17) is 5.11 Å². The molecular weight excluding hydrogens is 205 g/mol. The van der Waals surface area contributed by atoms with Crippen molar-refractivity contribution in [3.8, 4) is 0 Å². The van der Waals surface area contributed by atoms with Gasteiger partial charge in [-0.15, -0.1) is 0 Å². The first-order valence-corrected chi connectivity index (χ1v) is 4.83. The zero-order valence-electron chi connectivity index (χ0n) is 8.01. The molecule has 0 aromatic heterocycles. The molecule has 1 atom stereocenters. The van der Waals surface area contributed by atoms with Crippen LogP contribution < -0.4 is 0 Å². The summed E-state index contributed by atoms with van der Waals surface area (Å²) in [5.74, 6) is -0.123. The van der Waals surface area contributed by atoms with E-state index in [0.29, 0.717) is 5.56 Å². The van der Waals surface area contributed by atoms with Crippen LogP contribution in [-0.4, -0.2) is 11.7 Å². The van der Waals surface area contributed by atoms with Crippen molar-refractivity contribution in [3.05, 3.63) is 34.9 Å². The van der Waals surface area contributed by atoms with Gasteiger partial charge in [-0.05, 0) is 36.1 Å². The van der Waals surface area contributed by atoms with Gasteiger partial charge >= 0.3 is 6.18 Å². The zero-order valence-corrected chi connectivity index (χ0v) is 8.01. The number of aryl methyl sites for hydroxylation is 1. The fourth-order valence-electron chi connectivity index (χ4n) is 2.05. The molecule has 1 aliphatic carbocycles. The van der Waals surface area contributed by atoms with Gasteiger partial charge in [0.15, 0.2) is 0 Å². The van der Waals surface area contributed by atoms with Crippen LogP contribution in [-0.2, 0) is 12.6 Å². The van der Waals surface area contributed by atoms with E-state index in [0.717, 1.165) is 24.5 Å². The highest BCUT2D eigenvalue weighted by molar-refractivity contribution is 5.39. The minimum absolute atomic E-state index is 0.0751. The largest absolute Gasteiger partial charge is 0.416 e. The molecular formula is C11H11F3O. The Morgan fingerprint density at radius 1 is 1.33 bits per heavy atom. The monoisotopic (exact) mass is 216 g/mol. The van der Waals surface area contributed by atoms with Crippen LogP contribution in [0.25, 0.3) is 0 Å². The normalized spacial score (nSPS) is 20.4. The second kappa shape index (κ2) is 3.52. The minimum atomic E-state index is -4.29. The van der Waals surface area contributed by atoms with E-state index >= 15 is 0 Å². The highest BCUT2D eigenvalue weighted by atomic mass is 19.4. The molecule has 0 amide bonds. The van der Waals surface area contributed by atoms with Gasteiger partial charge < -0.3 is 5.11 Å². The highest BCUT2D eigenvalue weighted by Crippen LogP contribution is 2.37. The lowest BCUT2D eigenvalue weighted by molar-refractivity contribution is -0.137. The predicted octanol–water partition coefficient (Wildman–Crippen LogP) is 2.73. The van der Waals surface area contributed by atoms with Crippen LogP contribution in [0.15, 0.2) is 18.2 Å². The molecule has 1 aromatic carbocycles. The van der Waals surface area contributed by atoms with Gasteiger partial charge in [-0.2, -0.15) is 13.2 Å². The number of alkyl halides is 3. The lowest BCUT2D eigenvalue weighted by Crippen LogP contribution is -2.07. The molecule has 0 saturated carbocycles. The summed E-state index contributed by atoms with van der Waals surface area (Å²) < 4.78 is 37.3. The maximum Gasteiger partial charge on any atom is 0.416 e. The SMILES string of the molecule is OCC1CCc2ccc(C(F)(F)F)cc21. The Morgan fingerprint density at radius 3 is 2.67 bits per heavy atom. The summed E-state index contributed by atoms with van der Waals surface area (Å²) in [5.41, 5.74) is 0.968. The number of hydrogen-bond donors (Lipinski definition) is 1. The second-order valence-corrected chi connectivity index (χ2v) is 3.83. The molecule has 0 saturated heterocycles. The van der Waals surface area contributed by atoms with Crippen molar-refractivity contribution in [2.24, 2.45) is 0 Å². The van der Waals surface area contributed by atoms with Crippen LogP contribution in [0.4, 0.5) is 13.2 Å². The van der Waals surface area contributed by atoms with Crippen molar-refractivity contribution in [2.75, 3.05) is 6.61 Å². The summed E-state index contributed by atoms with van der Waals surface area (Å²) in [6.07, 6.45) is -2.79. The van der Waals surface area contributed by atoms with Crippen LogP contribution >= 0.6 is 0 Å². The van der Waals surface area contributed by atoms with Crippen molar-refractivity contribution >= 4 is 0 Å². The molecule has 0 spiro atoms. The number of benzene rings is 1. The Bertz CT molecular complexity index is 371. The van der Waals surface area contributed by atoms with Crippen molar-refractivity contribution < 1.29 is 18.3 Å². The van der Waals surface area contributed by atoms with Gasteiger partial charge in [-0.3, -0.25) is 0 Å². The molecule has 2 rings (SSSR count). The lowest BCUT2D eigenvalue weighted by Gasteiger charge is -2.11. The lowest BCUT2D eigenvalue weighted by atomic mass is 10.00. The summed E-state index contributed by atoms with van der Waals surface area (Å²) in [4.78, 5) is 0. The summed E-state index contributed by atoms with van der Waals surface area (Å²) in [7, 11) is 0. The van der Waals surface area contributed by atoms with Gasteiger partial charge in [0.25, 0.3) is 0 Å². The van der Waals surface area contributed by atoms with Crippen LogP contribution in [0, 0.1) is 0 Å². The fraction of sp³-hybridized carbons (Fsp3) is 0.455. The molecule has 1 aromatic rings. The van der Waals surface area contributed by atoms with E-state index in [2.05, 4.69) is 0 Å². The number of halogens is 3. The quantitative estimate of drug-likeness (QED) is 0.765. The third-order valence-electron chi connectivity index (χ3n) is 2.90. The zero-order chi connectivity index (χ0) is 11.1. The first-order valence-electron chi connectivity index (χ1n) is 4.83. The Balaban J connectivity index is 2.41. The molecule has 0 heterocycles. The topological polar surface area (TPSA) is 20.2 Å². The first kappa shape index (κ1) is 10.5. The standard InChI is InChI=1S/C11H11F3O/c12-11(13,14)9-4-3-7-1-2-8(6-15)10(7)5-9/h3-5,8,15H,1-2,6H2.